The number of carbonyl (C=O) groups excluding carboxylic acids is 1. The van der Waals surface area contributed by atoms with Gasteiger partial charge in [-0.2, -0.15) is 0 Å². The van der Waals surface area contributed by atoms with Crippen LogP contribution in [0.4, 0.5) is 5.69 Å². The number of para-hydroxylation sites is 1. The molecule has 6 nitrogen and oxygen atoms in total. The Morgan fingerprint density at radius 3 is 2.82 bits per heavy atom. The van der Waals surface area contributed by atoms with Gasteiger partial charge in [0, 0.05) is 16.4 Å². The van der Waals surface area contributed by atoms with E-state index in [0.717, 1.165) is 44.3 Å². The average Bonchev–Trinajstić information content (AvgIpc) is 3.01. The second kappa shape index (κ2) is 7.89. The lowest BCUT2D eigenvalue weighted by Gasteiger charge is -2.07. The summed E-state index contributed by atoms with van der Waals surface area (Å²) in [6.45, 7) is 4.87. The molecule has 0 spiro atoms. The summed E-state index contributed by atoms with van der Waals surface area (Å²) in [6.07, 6.45) is 0. The predicted molar refractivity (Wildman–Crippen MR) is 117 cm³/mol. The number of aromatic nitrogens is 4. The summed E-state index contributed by atoms with van der Waals surface area (Å²) in [7, 11) is 0. The maximum atomic E-state index is 12.3. The monoisotopic (exact) mass is 455 g/mol. The van der Waals surface area contributed by atoms with Gasteiger partial charge in [-0.05, 0) is 53.5 Å². The molecule has 0 unspecified atom stereocenters. The van der Waals surface area contributed by atoms with Crippen molar-refractivity contribution >= 4 is 61.4 Å². The summed E-state index contributed by atoms with van der Waals surface area (Å²) in [4.78, 5) is 17.0. The molecule has 2 aromatic heterocycles. The number of amides is 1. The number of nitrogens with zero attached hydrogens (tertiary/aromatic N) is 4. The first-order valence-electron chi connectivity index (χ1n) is 8.87. The molecule has 8 heteroatoms. The zero-order chi connectivity index (χ0) is 19.7. The molecule has 0 aliphatic rings. The lowest BCUT2D eigenvalue weighted by atomic mass is 10.2. The van der Waals surface area contributed by atoms with Gasteiger partial charge in [0.2, 0.25) is 11.1 Å². The molecule has 0 aliphatic carbocycles. The Bertz CT molecular complexity index is 1190. The van der Waals surface area contributed by atoms with Gasteiger partial charge in [0.15, 0.2) is 5.65 Å². The van der Waals surface area contributed by atoms with Crippen molar-refractivity contribution in [2.75, 3.05) is 11.1 Å². The molecule has 28 heavy (non-hydrogen) atoms. The van der Waals surface area contributed by atoms with Gasteiger partial charge in [0.1, 0.15) is 5.52 Å². The molecular formula is C20H18BrN5OS. The number of anilines is 1. The topological polar surface area (TPSA) is 72.7 Å². The lowest BCUT2D eigenvalue weighted by molar-refractivity contribution is -0.113. The third-order valence-corrected chi connectivity index (χ3v) is 5.90. The zero-order valence-corrected chi connectivity index (χ0v) is 17.8. The Hall–Kier alpha value is -2.45. The first-order chi connectivity index (χ1) is 13.6. The van der Waals surface area contributed by atoms with E-state index in [-0.39, 0.29) is 11.7 Å². The molecule has 2 heterocycles. The summed E-state index contributed by atoms with van der Waals surface area (Å²) < 4.78 is 2.98. The lowest BCUT2D eigenvalue weighted by Crippen LogP contribution is -2.14. The van der Waals surface area contributed by atoms with Crippen LogP contribution in [0, 0.1) is 6.92 Å². The standard InChI is InChI=1S/C20H18BrN5OS/c1-3-26-16-7-5-4-6-13(16)18-19(26)23-20(25-24-18)28-11-17(27)22-15-9-8-12(2)10-14(15)21/h4-10H,3,11H2,1-2H3,(H,22,27). The van der Waals surface area contributed by atoms with Crippen LogP contribution in [-0.2, 0) is 11.3 Å². The minimum absolute atomic E-state index is 0.116. The number of hydrogen-bond donors (Lipinski definition) is 1. The molecule has 0 radical (unpaired) electrons. The first kappa shape index (κ1) is 18.9. The summed E-state index contributed by atoms with van der Waals surface area (Å²) in [6, 6.07) is 13.9. The summed E-state index contributed by atoms with van der Waals surface area (Å²) >= 11 is 4.75. The highest BCUT2D eigenvalue weighted by atomic mass is 79.9. The molecule has 0 saturated carbocycles. The summed E-state index contributed by atoms with van der Waals surface area (Å²) in [5, 5.41) is 13.0. The van der Waals surface area contributed by atoms with Crippen molar-refractivity contribution in [1.29, 1.82) is 0 Å². The molecule has 0 saturated heterocycles. The number of carbonyl (C=O) groups is 1. The zero-order valence-electron chi connectivity index (χ0n) is 15.4. The van der Waals surface area contributed by atoms with E-state index in [0.29, 0.717) is 5.16 Å². The van der Waals surface area contributed by atoms with E-state index >= 15 is 0 Å². The predicted octanol–water partition coefficient (Wildman–Crippen LogP) is 4.80. The average molecular weight is 456 g/mol. The number of hydrogen-bond acceptors (Lipinski definition) is 5. The van der Waals surface area contributed by atoms with Crippen LogP contribution in [0.25, 0.3) is 22.1 Å². The summed E-state index contributed by atoms with van der Waals surface area (Å²) in [5.41, 5.74) is 4.54. The van der Waals surface area contributed by atoms with Crippen LogP contribution < -0.4 is 5.32 Å². The Kier molecular flexibility index (Phi) is 5.32. The normalized spacial score (nSPS) is 11.2. The quantitative estimate of drug-likeness (QED) is 0.437. The van der Waals surface area contributed by atoms with E-state index in [1.165, 1.54) is 11.8 Å². The van der Waals surface area contributed by atoms with Gasteiger partial charge in [-0.25, -0.2) is 4.98 Å². The van der Waals surface area contributed by atoms with Crippen LogP contribution >= 0.6 is 27.7 Å². The highest BCUT2D eigenvalue weighted by molar-refractivity contribution is 9.10. The smallest absolute Gasteiger partial charge is 0.234 e. The molecular weight excluding hydrogens is 438 g/mol. The fourth-order valence-corrected chi connectivity index (χ4v) is 4.28. The fraction of sp³-hybridized carbons (Fsp3) is 0.200. The van der Waals surface area contributed by atoms with Crippen molar-refractivity contribution in [2.45, 2.75) is 25.5 Å². The van der Waals surface area contributed by atoms with Crippen molar-refractivity contribution < 1.29 is 4.79 Å². The third kappa shape index (κ3) is 3.62. The number of nitrogens with one attached hydrogen (secondary N) is 1. The van der Waals surface area contributed by atoms with E-state index in [1.54, 1.807) is 0 Å². The van der Waals surface area contributed by atoms with Crippen LogP contribution in [0.3, 0.4) is 0 Å². The number of rotatable bonds is 5. The van der Waals surface area contributed by atoms with Crippen molar-refractivity contribution in [3.8, 4) is 0 Å². The van der Waals surface area contributed by atoms with E-state index in [9.17, 15) is 4.79 Å². The molecule has 1 amide bonds. The van der Waals surface area contributed by atoms with E-state index in [2.05, 4.69) is 54.0 Å². The van der Waals surface area contributed by atoms with Gasteiger partial charge in [0.25, 0.3) is 0 Å². The van der Waals surface area contributed by atoms with E-state index < -0.39 is 0 Å². The van der Waals surface area contributed by atoms with Crippen LogP contribution in [-0.4, -0.2) is 31.4 Å². The number of halogens is 1. The number of thioether (sulfide) groups is 1. The maximum absolute atomic E-state index is 12.3. The number of benzene rings is 2. The van der Waals surface area contributed by atoms with Crippen molar-refractivity contribution in [3.63, 3.8) is 0 Å². The Labute approximate surface area is 174 Å². The highest BCUT2D eigenvalue weighted by Crippen LogP contribution is 2.27. The van der Waals surface area contributed by atoms with Crippen molar-refractivity contribution in [1.82, 2.24) is 19.7 Å². The second-order valence-corrected chi connectivity index (χ2v) is 8.14. The van der Waals surface area contributed by atoms with Crippen molar-refractivity contribution in [3.05, 3.63) is 52.5 Å². The van der Waals surface area contributed by atoms with Crippen molar-refractivity contribution in [2.24, 2.45) is 0 Å². The molecule has 0 aliphatic heterocycles. The molecule has 1 N–H and O–H groups in total. The second-order valence-electron chi connectivity index (χ2n) is 6.35. The Morgan fingerprint density at radius 2 is 2.04 bits per heavy atom. The molecule has 0 atom stereocenters. The molecule has 0 bridgehead atoms. The number of aryl methyl sites for hydroxylation is 2. The van der Waals surface area contributed by atoms with Gasteiger partial charge >= 0.3 is 0 Å². The number of fused-ring (bicyclic) bond motifs is 3. The van der Waals surface area contributed by atoms with Gasteiger partial charge in [-0.15, -0.1) is 10.2 Å². The van der Waals surface area contributed by atoms with Gasteiger partial charge in [0.05, 0.1) is 17.0 Å². The van der Waals surface area contributed by atoms with Gasteiger partial charge < -0.3 is 9.88 Å². The fourth-order valence-electron chi connectivity index (χ4n) is 3.11. The van der Waals surface area contributed by atoms with Gasteiger partial charge in [-0.1, -0.05) is 36.0 Å². The molecule has 0 fully saturated rings. The van der Waals surface area contributed by atoms with Gasteiger partial charge in [-0.3, -0.25) is 4.79 Å². The SMILES string of the molecule is CCn1c2ccccc2c2nnc(SCC(=O)Nc3ccc(C)cc3Br)nc21. The largest absolute Gasteiger partial charge is 0.324 e. The van der Waals surface area contributed by atoms with Crippen LogP contribution in [0.2, 0.25) is 0 Å². The molecule has 4 aromatic rings. The molecule has 2 aromatic carbocycles. The minimum Gasteiger partial charge on any atom is -0.324 e. The van der Waals surface area contributed by atoms with Crippen LogP contribution in [0.15, 0.2) is 52.1 Å². The molecule has 4 rings (SSSR count). The first-order valence-corrected chi connectivity index (χ1v) is 10.6. The van der Waals surface area contributed by atoms with Crippen LogP contribution in [0.1, 0.15) is 12.5 Å². The third-order valence-electron chi connectivity index (χ3n) is 4.40. The highest BCUT2D eigenvalue weighted by Gasteiger charge is 2.14. The van der Waals surface area contributed by atoms with Crippen LogP contribution in [0.5, 0.6) is 0 Å². The van der Waals surface area contributed by atoms with E-state index in [1.807, 2.05) is 43.3 Å². The Balaban J connectivity index is 1.53. The minimum atomic E-state index is -0.116. The van der Waals surface area contributed by atoms with E-state index in [4.69, 9.17) is 0 Å². The maximum Gasteiger partial charge on any atom is 0.234 e. The molecule has 142 valence electrons. The Morgan fingerprint density at radius 1 is 1.21 bits per heavy atom. The summed E-state index contributed by atoms with van der Waals surface area (Å²) in [5.74, 6) is 0.0918.